The number of hydrogen-bond acceptors (Lipinski definition) is 7. The highest BCUT2D eigenvalue weighted by Crippen LogP contribution is 2.32. The van der Waals surface area contributed by atoms with Crippen LogP contribution in [0.4, 0.5) is 5.69 Å². The molecule has 1 fully saturated rings. The number of halogens is 1. The van der Waals surface area contributed by atoms with E-state index < -0.39 is 30.0 Å². The van der Waals surface area contributed by atoms with Crippen LogP contribution < -0.4 is 5.06 Å². The van der Waals surface area contributed by atoms with Gasteiger partial charge in [-0.15, -0.1) is 0 Å². The first kappa shape index (κ1) is 18.4. The lowest BCUT2D eigenvalue weighted by molar-refractivity contribution is -0.163. The highest BCUT2D eigenvalue weighted by atomic mass is 79.9. The molecule has 0 aromatic heterocycles. The normalized spacial score (nSPS) is 20.6. The van der Waals surface area contributed by atoms with Gasteiger partial charge in [0.2, 0.25) is 0 Å². The maximum Gasteiger partial charge on any atom is 0.322 e. The SMILES string of the molecule is COC(=O)C(C(=O)OC)[C@H]1CC[C@H](C=O)ON1c1ccc(Br)cc1. The van der Waals surface area contributed by atoms with Crippen molar-refractivity contribution in [3.63, 3.8) is 0 Å². The molecule has 2 rings (SSSR count). The Morgan fingerprint density at radius 3 is 2.29 bits per heavy atom. The lowest BCUT2D eigenvalue weighted by Gasteiger charge is -2.40. The van der Waals surface area contributed by atoms with Crippen molar-refractivity contribution >= 4 is 39.8 Å². The lowest BCUT2D eigenvalue weighted by atomic mass is 9.92. The highest BCUT2D eigenvalue weighted by molar-refractivity contribution is 9.10. The highest BCUT2D eigenvalue weighted by Gasteiger charge is 2.44. The second-order valence-corrected chi connectivity index (χ2v) is 6.17. The standard InChI is InChI=1S/C16H18BrNO6/c1-22-15(20)14(16(21)23-2)13-8-7-12(9-19)24-18(13)11-5-3-10(17)4-6-11/h3-6,9,12-14H,7-8H2,1-2H3/t12-,13-/m1/s1. The third-order valence-electron chi connectivity index (χ3n) is 3.83. The van der Waals surface area contributed by atoms with Crippen LogP contribution >= 0.6 is 15.9 Å². The van der Waals surface area contributed by atoms with Crippen molar-refractivity contribution in [2.75, 3.05) is 19.3 Å². The van der Waals surface area contributed by atoms with Crippen LogP contribution in [0.25, 0.3) is 0 Å². The summed E-state index contributed by atoms with van der Waals surface area (Å²) in [5, 5.41) is 1.42. The number of rotatable bonds is 5. The Morgan fingerprint density at radius 1 is 1.21 bits per heavy atom. The molecule has 0 radical (unpaired) electrons. The summed E-state index contributed by atoms with van der Waals surface area (Å²) in [6.07, 6.45) is 0.855. The first-order valence-electron chi connectivity index (χ1n) is 7.34. The van der Waals surface area contributed by atoms with Crippen molar-refractivity contribution in [3.05, 3.63) is 28.7 Å². The number of hydrogen-bond donors (Lipinski definition) is 0. The van der Waals surface area contributed by atoms with E-state index in [2.05, 4.69) is 15.9 Å². The third kappa shape index (κ3) is 3.93. The van der Waals surface area contributed by atoms with Gasteiger partial charge >= 0.3 is 11.9 Å². The number of nitrogens with zero attached hydrogens (tertiary/aromatic N) is 1. The minimum atomic E-state index is -1.17. The van der Waals surface area contributed by atoms with Gasteiger partial charge in [0.05, 0.1) is 25.9 Å². The van der Waals surface area contributed by atoms with E-state index in [1.54, 1.807) is 24.3 Å². The molecule has 0 saturated carbocycles. The van der Waals surface area contributed by atoms with Crippen LogP contribution in [0.2, 0.25) is 0 Å². The summed E-state index contributed by atoms with van der Waals surface area (Å²) in [7, 11) is 2.42. The second-order valence-electron chi connectivity index (χ2n) is 5.25. The van der Waals surface area contributed by atoms with Gasteiger partial charge in [-0.05, 0) is 37.1 Å². The molecular weight excluding hydrogens is 382 g/mol. The van der Waals surface area contributed by atoms with E-state index in [-0.39, 0.29) is 0 Å². The van der Waals surface area contributed by atoms with Crippen molar-refractivity contribution in [3.8, 4) is 0 Å². The summed E-state index contributed by atoms with van der Waals surface area (Å²) in [5.41, 5.74) is 0.618. The summed E-state index contributed by atoms with van der Waals surface area (Å²) in [4.78, 5) is 41.0. The Labute approximate surface area is 147 Å². The molecule has 8 heteroatoms. The number of anilines is 1. The Morgan fingerprint density at radius 2 is 1.79 bits per heavy atom. The molecule has 0 amide bonds. The number of ether oxygens (including phenoxy) is 2. The van der Waals surface area contributed by atoms with Gasteiger partial charge in [-0.3, -0.25) is 14.4 Å². The zero-order valence-electron chi connectivity index (χ0n) is 13.3. The fourth-order valence-electron chi connectivity index (χ4n) is 2.63. The maximum atomic E-state index is 12.1. The first-order chi connectivity index (χ1) is 11.5. The van der Waals surface area contributed by atoms with E-state index in [0.717, 1.165) is 4.47 Å². The number of hydroxylamine groups is 1. The van der Waals surface area contributed by atoms with Gasteiger partial charge in [0, 0.05) is 4.47 Å². The van der Waals surface area contributed by atoms with E-state index in [1.807, 2.05) is 0 Å². The van der Waals surface area contributed by atoms with Crippen LogP contribution in [0.15, 0.2) is 28.7 Å². The van der Waals surface area contributed by atoms with E-state index in [4.69, 9.17) is 14.3 Å². The molecule has 24 heavy (non-hydrogen) atoms. The van der Waals surface area contributed by atoms with Gasteiger partial charge in [0.1, 0.15) is 6.10 Å². The third-order valence-corrected chi connectivity index (χ3v) is 4.35. The smallest absolute Gasteiger partial charge is 0.322 e. The van der Waals surface area contributed by atoms with Crippen molar-refractivity contribution in [1.82, 2.24) is 0 Å². The van der Waals surface area contributed by atoms with Gasteiger partial charge in [-0.1, -0.05) is 15.9 Å². The van der Waals surface area contributed by atoms with E-state index >= 15 is 0 Å². The second kappa shape index (κ2) is 8.25. The van der Waals surface area contributed by atoms with Crippen molar-refractivity contribution < 1.29 is 28.7 Å². The van der Waals surface area contributed by atoms with Gasteiger partial charge in [-0.25, -0.2) is 5.06 Å². The first-order valence-corrected chi connectivity index (χ1v) is 8.13. The minimum Gasteiger partial charge on any atom is -0.468 e. The molecule has 2 atom stereocenters. The number of esters is 2. The van der Waals surface area contributed by atoms with E-state index in [9.17, 15) is 14.4 Å². The fourth-order valence-corrected chi connectivity index (χ4v) is 2.89. The van der Waals surface area contributed by atoms with E-state index in [1.165, 1.54) is 19.3 Å². The Balaban J connectivity index is 2.39. The largest absolute Gasteiger partial charge is 0.468 e. The van der Waals surface area contributed by atoms with Crippen LogP contribution in [-0.2, 0) is 28.7 Å². The van der Waals surface area contributed by atoms with Crippen LogP contribution in [0.1, 0.15) is 12.8 Å². The predicted molar refractivity (Wildman–Crippen MR) is 88.1 cm³/mol. The Bertz CT molecular complexity index is 589. The van der Waals surface area contributed by atoms with Crippen LogP contribution in [-0.4, -0.2) is 44.6 Å². The average Bonchev–Trinajstić information content (AvgIpc) is 2.62. The molecule has 0 unspecified atom stereocenters. The maximum absolute atomic E-state index is 12.1. The van der Waals surface area contributed by atoms with Crippen LogP contribution in [0.3, 0.4) is 0 Å². The molecule has 1 aliphatic heterocycles. The van der Waals surface area contributed by atoms with Crippen molar-refractivity contribution in [2.24, 2.45) is 5.92 Å². The van der Waals surface area contributed by atoms with Gasteiger partial charge in [-0.2, -0.15) is 0 Å². The fraction of sp³-hybridized carbons (Fsp3) is 0.438. The Kier molecular flexibility index (Phi) is 6.33. The monoisotopic (exact) mass is 399 g/mol. The topological polar surface area (TPSA) is 82.1 Å². The summed E-state index contributed by atoms with van der Waals surface area (Å²) < 4.78 is 10.4. The molecule has 0 bridgehead atoms. The molecule has 0 N–H and O–H groups in total. The molecule has 1 aromatic rings. The molecule has 130 valence electrons. The van der Waals surface area contributed by atoms with Gasteiger partial charge in [0.15, 0.2) is 12.2 Å². The summed E-state index contributed by atoms with van der Waals surface area (Å²) in [6.45, 7) is 0. The number of benzene rings is 1. The summed E-state index contributed by atoms with van der Waals surface area (Å²) in [5.74, 6) is -2.58. The number of methoxy groups -OCH3 is 2. The summed E-state index contributed by atoms with van der Waals surface area (Å²) >= 11 is 3.34. The number of carbonyl (C=O) groups is 3. The summed E-state index contributed by atoms with van der Waals surface area (Å²) in [6, 6.07) is 6.48. The van der Waals surface area contributed by atoms with Gasteiger partial charge in [0.25, 0.3) is 0 Å². The Hall–Kier alpha value is -1.93. The zero-order chi connectivity index (χ0) is 17.7. The lowest BCUT2D eigenvalue weighted by Crippen LogP contribution is -2.52. The molecule has 7 nitrogen and oxygen atoms in total. The predicted octanol–water partition coefficient (Wildman–Crippen LogP) is 1.88. The van der Waals surface area contributed by atoms with Crippen LogP contribution in [0.5, 0.6) is 0 Å². The average molecular weight is 400 g/mol. The quantitative estimate of drug-likeness (QED) is 0.424. The zero-order valence-corrected chi connectivity index (χ0v) is 14.9. The molecule has 1 aromatic carbocycles. The minimum absolute atomic E-state index is 0.395. The van der Waals surface area contributed by atoms with Gasteiger partial charge < -0.3 is 14.3 Å². The molecular formula is C16H18BrNO6. The number of aldehydes is 1. The molecule has 1 aliphatic rings. The van der Waals surface area contributed by atoms with Crippen molar-refractivity contribution in [1.29, 1.82) is 0 Å². The van der Waals surface area contributed by atoms with E-state index in [0.29, 0.717) is 24.8 Å². The molecule has 1 saturated heterocycles. The molecule has 0 aliphatic carbocycles. The molecule has 0 spiro atoms. The van der Waals surface area contributed by atoms with Crippen molar-refractivity contribution in [2.45, 2.75) is 25.0 Å². The number of carbonyl (C=O) groups excluding carboxylic acids is 3. The molecule has 1 heterocycles. The van der Waals surface area contributed by atoms with Crippen LogP contribution in [0, 0.1) is 5.92 Å².